The van der Waals surface area contributed by atoms with E-state index >= 15 is 0 Å². The molecule has 0 aliphatic carbocycles. The number of hydrogen-bond acceptors (Lipinski definition) is 2. The molecule has 7 heteroatoms. The number of urea groups is 1. The van der Waals surface area contributed by atoms with Crippen molar-refractivity contribution in [3.05, 3.63) is 33.8 Å². The van der Waals surface area contributed by atoms with Crippen molar-refractivity contribution in [3.8, 4) is 0 Å². The summed E-state index contributed by atoms with van der Waals surface area (Å²) in [6.45, 7) is 0.721. The molecule has 2 amide bonds. The highest BCUT2D eigenvalue weighted by Gasteiger charge is 2.09. The summed E-state index contributed by atoms with van der Waals surface area (Å²) in [5, 5.41) is 12.0. The fourth-order valence-corrected chi connectivity index (χ4v) is 1.87. The number of carboxylic acids is 1. The van der Waals surface area contributed by atoms with E-state index in [9.17, 15) is 9.59 Å². The SMILES string of the molecule is CN(Cc1ccc(Cl)c(Cl)c1)C(=O)NCCCC(=O)O. The number of carbonyl (C=O) groups is 2. The largest absolute Gasteiger partial charge is 0.481 e. The van der Waals surface area contributed by atoms with E-state index < -0.39 is 5.97 Å². The number of rotatable bonds is 6. The number of aliphatic carboxylic acids is 1. The summed E-state index contributed by atoms with van der Waals surface area (Å²) in [4.78, 5) is 23.6. The molecule has 1 aromatic carbocycles. The van der Waals surface area contributed by atoms with Crippen LogP contribution in [0.3, 0.4) is 0 Å². The van der Waals surface area contributed by atoms with Gasteiger partial charge in [0.2, 0.25) is 0 Å². The van der Waals surface area contributed by atoms with E-state index in [-0.39, 0.29) is 12.5 Å². The van der Waals surface area contributed by atoms with E-state index in [1.54, 1.807) is 25.2 Å². The van der Waals surface area contributed by atoms with Gasteiger partial charge in [0.25, 0.3) is 0 Å². The smallest absolute Gasteiger partial charge is 0.317 e. The van der Waals surface area contributed by atoms with Gasteiger partial charge < -0.3 is 15.3 Å². The van der Waals surface area contributed by atoms with Gasteiger partial charge in [0.05, 0.1) is 10.0 Å². The first-order chi connectivity index (χ1) is 9.40. The molecule has 0 aliphatic rings. The van der Waals surface area contributed by atoms with Crippen molar-refractivity contribution in [1.82, 2.24) is 10.2 Å². The fourth-order valence-electron chi connectivity index (χ4n) is 1.55. The van der Waals surface area contributed by atoms with Gasteiger partial charge in [-0.15, -0.1) is 0 Å². The molecule has 0 aromatic heterocycles. The highest BCUT2D eigenvalue weighted by molar-refractivity contribution is 6.42. The van der Waals surface area contributed by atoms with Gasteiger partial charge in [-0.3, -0.25) is 4.79 Å². The molecule has 5 nitrogen and oxygen atoms in total. The van der Waals surface area contributed by atoms with E-state index in [1.165, 1.54) is 4.90 Å². The Morgan fingerprint density at radius 1 is 1.30 bits per heavy atom. The van der Waals surface area contributed by atoms with Crippen LogP contribution in [0.2, 0.25) is 10.0 Å². The predicted molar refractivity (Wildman–Crippen MR) is 78.2 cm³/mol. The first-order valence-electron chi connectivity index (χ1n) is 6.05. The molecule has 20 heavy (non-hydrogen) atoms. The maximum Gasteiger partial charge on any atom is 0.317 e. The Balaban J connectivity index is 2.41. The Morgan fingerprint density at radius 3 is 2.60 bits per heavy atom. The average Bonchev–Trinajstić information content (AvgIpc) is 2.38. The fraction of sp³-hybridized carbons (Fsp3) is 0.385. The summed E-state index contributed by atoms with van der Waals surface area (Å²) in [6.07, 6.45) is 0.443. The van der Waals surface area contributed by atoms with Gasteiger partial charge in [-0.2, -0.15) is 0 Å². The minimum absolute atomic E-state index is 0.0385. The number of nitrogens with one attached hydrogen (secondary N) is 1. The lowest BCUT2D eigenvalue weighted by molar-refractivity contribution is -0.137. The molecule has 0 heterocycles. The second kappa shape index (κ2) is 7.97. The van der Waals surface area contributed by atoms with Gasteiger partial charge in [0, 0.05) is 26.6 Å². The lowest BCUT2D eigenvalue weighted by Crippen LogP contribution is -2.37. The van der Waals surface area contributed by atoms with Gasteiger partial charge in [0.1, 0.15) is 0 Å². The highest BCUT2D eigenvalue weighted by Crippen LogP contribution is 2.23. The molecule has 0 spiro atoms. The topological polar surface area (TPSA) is 69.6 Å². The molecule has 0 aliphatic heterocycles. The summed E-state index contributed by atoms with van der Waals surface area (Å²) < 4.78 is 0. The normalized spacial score (nSPS) is 10.2. The molecule has 1 aromatic rings. The van der Waals surface area contributed by atoms with Crippen molar-refractivity contribution in [2.24, 2.45) is 0 Å². The van der Waals surface area contributed by atoms with Crippen LogP contribution < -0.4 is 5.32 Å². The molecule has 0 saturated heterocycles. The van der Waals surface area contributed by atoms with Crippen LogP contribution in [0.5, 0.6) is 0 Å². The third-order valence-electron chi connectivity index (χ3n) is 2.59. The summed E-state index contributed by atoms with van der Waals surface area (Å²) in [5.74, 6) is -0.872. The molecule has 0 bridgehead atoms. The molecular weight excluding hydrogens is 303 g/mol. The van der Waals surface area contributed by atoms with Crippen molar-refractivity contribution >= 4 is 35.2 Å². The number of carbonyl (C=O) groups excluding carboxylic acids is 1. The van der Waals surface area contributed by atoms with E-state index in [1.807, 2.05) is 0 Å². The maximum absolute atomic E-state index is 11.8. The summed E-state index contributed by atoms with van der Waals surface area (Å²) in [7, 11) is 1.65. The molecule has 2 N–H and O–H groups in total. The minimum Gasteiger partial charge on any atom is -0.481 e. The number of halogens is 2. The molecule has 110 valence electrons. The number of nitrogens with zero attached hydrogens (tertiary/aromatic N) is 1. The third-order valence-corrected chi connectivity index (χ3v) is 3.33. The Bertz CT molecular complexity index is 495. The molecule has 0 unspecified atom stereocenters. The molecule has 0 radical (unpaired) electrons. The molecular formula is C13H16Cl2N2O3. The molecule has 0 atom stereocenters. The Hall–Kier alpha value is -1.46. The lowest BCUT2D eigenvalue weighted by atomic mass is 10.2. The number of hydrogen-bond donors (Lipinski definition) is 2. The van der Waals surface area contributed by atoms with Gasteiger partial charge in [-0.05, 0) is 24.1 Å². The second-order valence-electron chi connectivity index (χ2n) is 4.33. The van der Waals surface area contributed by atoms with E-state index in [0.29, 0.717) is 29.6 Å². The monoisotopic (exact) mass is 318 g/mol. The maximum atomic E-state index is 11.8. The van der Waals surface area contributed by atoms with E-state index in [2.05, 4.69) is 5.32 Å². The predicted octanol–water partition coefficient (Wildman–Crippen LogP) is 3.00. The van der Waals surface area contributed by atoms with Gasteiger partial charge in [-0.1, -0.05) is 29.3 Å². The first kappa shape index (κ1) is 16.6. The summed E-state index contributed by atoms with van der Waals surface area (Å²) in [5.41, 5.74) is 0.864. The third kappa shape index (κ3) is 5.67. The molecule has 0 saturated carbocycles. The Morgan fingerprint density at radius 2 is 2.00 bits per heavy atom. The number of amides is 2. The van der Waals surface area contributed by atoms with Gasteiger partial charge in [0.15, 0.2) is 0 Å². The Kier molecular flexibility index (Phi) is 6.61. The molecule has 1 rings (SSSR count). The highest BCUT2D eigenvalue weighted by atomic mass is 35.5. The van der Waals surface area contributed by atoms with Gasteiger partial charge in [-0.25, -0.2) is 4.79 Å². The molecule has 0 fully saturated rings. The van der Waals surface area contributed by atoms with Crippen molar-refractivity contribution in [2.75, 3.05) is 13.6 Å². The van der Waals surface area contributed by atoms with Crippen LogP contribution >= 0.6 is 23.2 Å². The standard InChI is InChI=1S/C13H16Cl2N2O3/c1-17(13(20)16-6-2-3-12(18)19)8-9-4-5-10(14)11(15)7-9/h4-5,7H,2-3,6,8H2,1H3,(H,16,20)(H,18,19). The van der Waals surface area contributed by atoms with Gasteiger partial charge >= 0.3 is 12.0 Å². The zero-order valence-corrected chi connectivity index (χ0v) is 12.5. The second-order valence-corrected chi connectivity index (χ2v) is 5.15. The zero-order valence-electron chi connectivity index (χ0n) is 11.0. The number of carboxylic acid groups (broad SMARTS) is 1. The van der Waals surface area contributed by atoms with Crippen molar-refractivity contribution in [1.29, 1.82) is 0 Å². The van der Waals surface area contributed by atoms with E-state index in [4.69, 9.17) is 28.3 Å². The van der Waals surface area contributed by atoms with Crippen LogP contribution in [0.15, 0.2) is 18.2 Å². The van der Waals surface area contributed by atoms with E-state index in [0.717, 1.165) is 5.56 Å². The quantitative estimate of drug-likeness (QED) is 0.792. The van der Waals surface area contributed by atoms with Crippen LogP contribution in [-0.2, 0) is 11.3 Å². The number of benzene rings is 1. The van der Waals surface area contributed by atoms with Crippen LogP contribution in [0.25, 0.3) is 0 Å². The van der Waals surface area contributed by atoms with Crippen LogP contribution in [-0.4, -0.2) is 35.6 Å². The summed E-state index contributed by atoms with van der Waals surface area (Å²) >= 11 is 11.7. The summed E-state index contributed by atoms with van der Waals surface area (Å²) in [6, 6.07) is 4.92. The van der Waals surface area contributed by atoms with Crippen molar-refractivity contribution < 1.29 is 14.7 Å². The van der Waals surface area contributed by atoms with Crippen LogP contribution in [0.1, 0.15) is 18.4 Å². The average molecular weight is 319 g/mol. The van der Waals surface area contributed by atoms with Crippen LogP contribution in [0.4, 0.5) is 4.79 Å². The lowest BCUT2D eigenvalue weighted by Gasteiger charge is -2.18. The zero-order chi connectivity index (χ0) is 15.1. The van der Waals surface area contributed by atoms with Crippen molar-refractivity contribution in [3.63, 3.8) is 0 Å². The Labute approximate surface area is 127 Å². The van der Waals surface area contributed by atoms with Crippen molar-refractivity contribution in [2.45, 2.75) is 19.4 Å². The first-order valence-corrected chi connectivity index (χ1v) is 6.80. The minimum atomic E-state index is -0.872. The van der Waals surface area contributed by atoms with Crippen LogP contribution in [0, 0.1) is 0 Å².